The molecule has 1 aromatic rings. The van der Waals surface area contributed by atoms with Gasteiger partial charge in [-0.3, -0.25) is 15.0 Å². The molecule has 0 unspecified atom stereocenters. The normalized spacial score (nSPS) is 11.4. The molecule has 0 saturated carbocycles. The average Bonchev–Trinajstić information content (AvgIpc) is 2.16. The van der Waals surface area contributed by atoms with Crippen LogP contribution in [0, 0.1) is 10.1 Å². The molecule has 1 rings (SSSR count). The molecule has 0 bridgehead atoms. The first kappa shape index (κ1) is 12.8. The lowest BCUT2D eigenvalue weighted by atomic mass is 10.3. The fraction of sp³-hybridized carbons (Fsp3) is 0.143. The van der Waals surface area contributed by atoms with Crippen LogP contribution in [0.3, 0.4) is 0 Å². The van der Waals surface area contributed by atoms with E-state index in [1.54, 1.807) is 4.89 Å². The number of sulfonamides is 1. The molecule has 0 aliphatic heterocycles. The Hall–Kier alpha value is -1.22. The summed E-state index contributed by atoms with van der Waals surface area (Å²) in [6.45, 7) is 0. The Morgan fingerprint density at radius 1 is 1.50 bits per heavy atom. The van der Waals surface area contributed by atoms with Gasteiger partial charge in [-0.1, -0.05) is 16.5 Å². The van der Waals surface area contributed by atoms with E-state index in [1.807, 2.05) is 0 Å². The van der Waals surface area contributed by atoms with Crippen LogP contribution in [-0.4, -0.2) is 20.5 Å². The lowest BCUT2D eigenvalue weighted by Crippen LogP contribution is -2.23. The van der Waals surface area contributed by atoms with Crippen molar-refractivity contribution in [3.63, 3.8) is 0 Å². The van der Waals surface area contributed by atoms with E-state index in [-0.39, 0.29) is 5.02 Å². The van der Waals surface area contributed by atoms with E-state index in [4.69, 9.17) is 11.6 Å². The van der Waals surface area contributed by atoms with Crippen molar-refractivity contribution in [1.82, 2.24) is 4.89 Å². The quantitative estimate of drug-likeness (QED) is 0.650. The van der Waals surface area contributed by atoms with Crippen LogP contribution in [0.1, 0.15) is 0 Å². The summed E-state index contributed by atoms with van der Waals surface area (Å²) in [5.41, 5.74) is -0.614. The molecule has 0 aromatic heterocycles. The third-order valence-electron chi connectivity index (χ3n) is 1.60. The number of nitro benzene ring substituents is 1. The lowest BCUT2D eigenvalue weighted by molar-refractivity contribution is -0.387. The van der Waals surface area contributed by atoms with Crippen molar-refractivity contribution in [3.8, 4) is 0 Å². The zero-order valence-electron chi connectivity index (χ0n) is 8.01. The molecule has 0 aliphatic carbocycles. The van der Waals surface area contributed by atoms with E-state index >= 15 is 0 Å². The van der Waals surface area contributed by atoms with Crippen LogP contribution in [0.15, 0.2) is 23.1 Å². The van der Waals surface area contributed by atoms with Gasteiger partial charge in [0.1, 0.15) is 0 Å². The van der Waals surface area contributed by atoms with Crippen molar-refractivity contribution in [2.75, 3.05) is 7.11 Å². The molecule has 88 valence electrons. The highest BCUT2D eigenvalue weighted by atomic mass is 35.5. The number of rotatable bonds is 4. The third kappa shape index (κ3) is 2.67. The van der Waals surface area contributed by atoms with Crippen LogP contribution in [0.4, 0.5) is 5.69 Å². The van der Waals surface area contributed by atoms with E-state index < -0.39 is 25.5 Å². The van der Waals surface area contributed by atoms with Gasteiger partial charge in [0.2, 0.25) is 0 Å². The number of nitrogens with zero attached hydrogens (tertiary/aromatic N) is 1. The van der Waals surface area contributed by atoms with E-state index in [1.165, 1.54) is 6.07 Å². The minimum Gasteiger partial charge on any atom is -0.290 e. The second-order valence-electron chi connectivity index (χ2n) is 2.66. The van der Waals surface area contributed by atoms with Crippen LogP contribution in [0.25, 0.3) is 0 Å². The zero-order chi connectivity index (χ0) is 12.3. The van der Waals surface area contributed by atoms with Gasteiger partial charge >= 0.3 is 0 Å². The molecule has 0 saturated heterocycles. The second kappa shape index (κ2) is 4.74. The third-order valence-corrected chi connectivity index (χ3v) is 3.15. The first-order chi connectivity index (χ1) is 7.38. The molecule has 1 aromatic carbocycles. The number of hydrogen-bond donors (Lipinski definition) is 1. The van der Waals surface area contributed by atoms with Crippen LogP contribution < -0.4 is 4.89 Å². The fourth-order valence-electron chi connectivity index (χ4n) is 1.02. The molecule has 0 spiro atoms. The molecule has 9 heteroatoms. The van der Waals surface area contributed by atoms with Crippen LogP contribution >= 0.6 is 11.6 Å². The predicted octanol–water partition coefficient (Wildman–Crippen LogP) is 1.09. The molecule has 0 amide bonds. The molecule has 0 aliphatic rings. The Morgan fingerprint density at radius 2 is 2.12 bits per heavy atom. The number of hydrogen-bond acceptors (Lipinski definition) is 5. The van der Waals surface area contributed by atoms with Gasteiger partial charge in [0.25, 0.3) is 15.7 Å². The molecule has 0 fully saturated rings. The first-order valence-corrected chi connectivity index (χ1v) is 5.73. The molecular weight excluding hydrogens is 260 g/mol. The number of benzene rings is 1. The van der Waals surface area contributed by atoms with Crippen LogP contribution in [0.2, 0.25) is 5.02 Å². The highest BCUT2D eigenvalue weighted by Gasteiger charge is 2.25. The lowest BCUT2D eigenvalue weighted by Gasteiger charge is -2.04. The van der Waals surface area contributed by atoms with Gasteiger partial charge in [0.05, 0.1) is 12.0 Å². The van der Waals surface area contributed by atoms with Gasteiger partial charge in [-0.25, -0.2) is 8.42 Å². The number of halogens is 1. The maximum atomic E-state index is 11.5. The molecule has 0 atom stereocenters. The summed E-state index contributed by atoms with van der Waals surface area (Å²) in [5, 5.41) is 10.7. The summed E-state index contributed by atoms with van der Waals surface area (Å²) in [6, 6.07) is 3.21. The summed E-state index contributed by atoms with van der Waals surface area (Å²) in [4.78, 5) is 15.2. The van der Waals surface area contributed by atoms with E-state index in [9.17, 15) is 18.5 Å². The minimum absolute atomic E-state index is 0.0723. The van der Waals surface area contributed by atoms with Crippen molar-refractivity contribution in [1.29, 1.82) is 0 Å². The predicted molar refractivity (Wildman–Crippen MR) is 55.4 cm³/mol. The molecular formula is C7H7ClN2O5S. The topological polar surface area (TPSA) is 98.5 Å². The van der Waals surface area contributed by atoms with E-state index in [2.05, 4.69) is 4.84 Å². The second-order valence-corrected chi connectivity index (χ2v) is 4.71. The summed E-state index contributed by atoms with van der Waals surface area (Å²) >= 11 is 5.54. The Balaban J connectivity index is 3.39. The van der Waals surface area contributed by atoms with Gasteiger partial charge in [-0.2, -0.15) is 0 Å². The summed E-state index contributed by atoms with van der Waals surface area (Å²) in [7, 11) is -2.99. The monoisotopic (exact) mass is 266 g/mol. The summed E-state index contributed by atoms with van der Waals surface area (Å²) in [5.74, 6) is 0. The van der Waals surface area contributed by atoms with E-state index in [0.717, 1.165) is 19.2 Å². The van der Waals surface area contributed by atoms with Gasteiger partial charge < -0.3 is 0 Å². The van der Waals surface area contributed by atoms with Crippen molar-refractivity contribution >= 4 is 27.3 Å². The van der Waals surface area contributed by atoms with Gasteiger partial charge in [0.15, 0.2) is 4.90 Å². The fourth-order valence-corrected chi connectivity index (χ4v) is 2.15. The molecule has 0 heterocycles. The van der Waals surface area contributed by atoms with Gasteiger partial charge in [-0.15, -0.1) is 0 Å². The SMILES string of the molecule is CONS(=O)(=O)c1ccc(Cl)cc1[N+](=O)[O-]. The first-order valence-electron chi connectivity index (χ1n) is 3.87. The van der Waals surface area contributed by atoms with Crippen molar-refractivity contribution < 1.29 is 18.2 Å². The average molecular weight is 267 g/mol. The van der Waals surface area contributed by atoms with Gasteiger partial charge in [-0.05, 0) is 12.1 Å². The van der Waals surface area contributed by atoms with Crippen LogP contribution in [-0.2, 0) is 14.9 Å². The largest absolute Gasteiger partial charge is 0.290 e. The minimum atomic E-state index is -4.08. The Morgan fingerprint density at radius 3 is 2.62 bits per heavy atom. The van der Waals surface area contributed by atoms with E-state index in [0.29, 0.717) is 0 Å². The smallest absolute Gasteiger partial charge is 0.290 e. The van der Waals surface area contributed by atoms with Crippen molar-refractivity contribution in [2.24, 2.45) is 0 Å². The maximum absolute atomic E-state index is 11.5. The molecule has 1 N–H and O–H groups in total. The standard InChI is InChI=1S/C7H7ClN2O5S/c1-15-9-16(13,14)7-3-2-5(8)4-6(7)10(11)12/h2-4,9H,1H3. The van der Waals surface area contributed by atoms with Crippen molar-refractivity contribution in [2.45, 2.75) is 4.90 Å². The summed E-state index contributed by atoms with van der Waals surface area (Å²) < 4.78 is 23.0. The number of nitrogens with one attached hydrogen (secondary N) is 1. The Bertz CT molecular complexity index is 516. The highest BCUT2D eigenvalue weighted by Crippen LogP contribution is 2.26. The molecule has 16 heavy (non-hydrogen) atoms. The van der Waals surface area contributed by atoms with Crippen LogP contribution in [0.5, 0.6) is 0 Å². The van der Waals surface area contributed by atoms with Crippen molar-refractivity contribution in [3.05, 3.63) is 33.3 Å². The highest BCUT2D eigenvalue weighted by molar-refractivity contribution is 7.89. The zero-order valence-corrected chi connectivity index (χ0v) is 9.58. The number of nitro groups is 1. The Labute approximate surface area is 96.1 Å². The summed E-state index contributed by atoms with van der Waals surface area (Å²) in [6.07, 6.45) is 0. The van der Waals surface area contributed by atoms with Gasteiger partial charge in [0, 0.05) is 11.1 Å². The Kier molecular flexibility index (Phi) is 3.81. The molecule has 0 radical (unpaired) electrons. The maximum Gasteiger partial charge on any atom is 0.290 e. The molecule has 7 nitrogen and oxygen atoms in total.